The third-order valence-corrected chi connectivity index (χ3v) is 3.36. The van der Waals surface area contributed by atoms with Crippen molar-refractivity contribution in [3.05, 3.63) is 30.1 Å². The van der Waals surface area contributed by atoms with Gasteiger partial charge < -0.3 is 5.73 Å². The van der Waals surface area contributed by atoms with E-state index in [1.807, 2.05) is 18.2 Å². The molecule has 1 aliphatic rings. The van der Waals surface area contributed by atoms with Crippen LogP contribution >= 0.6 is 0 Å². The molecule has 0 saturated heterocycles. The third kappa shape index (κ3) is 1.92. The number of hydrogen-bond donors (Lipinski definition) is 1. The van der Waals surface area contributed by atoms with E-state index in [4.69, 9.17) is 5.73 Å². The van der Waals surface area contributed by atoms with Crippen LogP contribution in [0.2, 0.25) is 0 Å². The Morgan fingerprint density at radius 2 is 2.27 bits per heavy atom. The van der Waals surface area contributed by atoms with Crippen molar-refractivity contribution in [1.29, 1.82) is 0 Å². The number of hydrogen-bond acceptors (Lipinski definition) is 3. The predicted molar refractivity (Wildman–Crippen MR) is 58.3 cm³/mol. The lowest BCUT2D eigenvalue weighted by Crippen LogP contribution is -2.45. The highest BCUT2D eigenvalue weighted by molar-refractivity contribution is 5.87. The number of carbonyl (C=O) groups excluding carboxylic acids is 1. The lowest BCUT2D eigenvalue weighted by Gasteiger charge is -2.39. The van der Waals surface area contributed by atoms with Crippen LogP contribution in [0.15, 0.2) is 24.4 Å². The van der Waals surface area contributed by atoms with Crippen molar-refractivity contribution in [2.24, 2.45) is 11.1 Å². The first-order chi connectivity index (χ1) is 7.27. The highest BCUT2D eigenvalue weighted by Crippen LogP contribution is 2.41. The molecule has 0 aliphatic heterocycles. The Morgan fingerprint density at radius 1 is 1.47 bits per heavy atom. The van der Waals surface area contributed by atoms with Gasteiger partial charge in [0.05, 0.1) is 0 Å². The highest BCUT2D eigenvalue weighted by Gasteiger charge is 2.42. The fourth-order valence-electron chi connectivity index (χ4n) is 2.06. The van der Waals surface area contributed by atoms with E-state index in [9.17, 15) is 4.79 Å². The fourth-order valence-corrected chi connectivity index (χ4v) is 2.06. The van der Waals surface area contributed by atoms with E-state index in [0.717, 1.165) is 25.0 Å². The number of aromatic nitrogens is 1. The van der Waals surface area contributed by atoms with E-state index in [1.165, 1.54) is 0 Å². The Labute approximate surface area is 89.7 Å². The molecule has 1 heterocycles. The monoisotopic (exact) mass is 204 g/mol. The van der Waals surface area contributed by atoms with Gasteiger partial charge in [0.1, 0.15) is 5.78 Å². The maximum absolute atomic E-state index is 12.0. The summed E-state index contributed by atoms with van der Waals surface area (Å²) < 4.78 is 0. The summed E-state index contributed by atoms with van der Waals surface area (Å²) in [6.07, 6.45) is 5.19. The van der Waals surface area contributed by atoms with Crippen LogP contribution in [0.3, 0.4) is 0 Å². The molecule has 1 aromatic rings. The summed E-state index contributed by atoms with van der Waals surface area (Å²) in [7, 11) is 0. The van der Waals surface area contributed by atoms with Gasteiger partial charge in [-0.2, -0.15) is 0 Å². The molecule has 0 atom stereocenters. The standard InChI is InChI=1S/C12H16N2O/c13-9-12(5-3-6-12)11(15)8-10-4-1-2-7-14-10/h1-2,4,7H,3,5-6,8-9,13H2. The van der Waals surface area contributed by atoms with E-state index in [-0.39, 0.29) is 11.2 Å². The largest absolute Gasteiger partial charge is 0.329 e. The highest BCUT2D eigenvalue weighted by atomic mass is 16.1. The molecule has 1 fully saturated rings. The van der Waals surface area contributed by atoms with Gasteiger partial charge in [-0.25, -0.2) is 0 Å². The molecule has 80 valence electrons. The molecule has 3 heteroatoms. The summed E-state index contributed by atoms with van der Waals surface area (Å²) >= 11 is 0. The van der Waals surface area contributed by atoms with Gasteiger partial charge >= 0.3 is 0 Å². The second kappa shape index (κ2) is 4.11. The number of carbonyl (C=O) groups is 1. The van der Waals surface area contributed by atoms with Crippen LogP contribution in [0.4, 0.5) is 0 Å². The summed E-state index contributed by atoms with van der Waals surface area (Å²) in [5.74, 6) is 0.259. The molecule has 1 aliphatic carbocycles. The maximum Gasteiger partial charge on any atom is 0.146 e. The van der Waals surface area contributed by atoms with Crippen LogP contribution in [0.1, 0.15) is 25.0 Å². The smallest absolute Gasteiger partial charge is 0.146 e. The second-order valence-electron chi connectivity index (χ2n) is 4.26. The van der Waals surface area contributed by atoms with E-state index in [2.05, 4.69) is 4.98 Å². The Balaban J connectivity index is 2.04. The maximum atomic E-state index is 12.0. The number of ketones is 1. The average Bonchev–Trinajstić information content (AvgIpc) is 2.18. The molecular weight excluding hydrogens is 188 g/mol. The van der Waals surface area contributed by atoms with Crippen LogP contribution in [0.5, 0.6) is 0 Å². The fraction of sp³-hybridized carbons (Fsp3) is 0.500. The zero-order chi connectivity index (χ0) is 10.7. The van der Waals surface area contributed by atoms with E-state index in [0.29, 0.717) is 13.0 Å². The first-order valence-electron chi connectivity index (χ1n) is 5.40. The Bertz CT molecular complexity index is 338. The summed E-state index contributed by atoms with van der Waals surface area (Å²) in [5.41, 5.74) is 6.31. The topological polar surface area (TPSA) is 56.0 Å². The van der Waals surface area contributed by atoms with Gasteiger partial charge in [0, 0.05) is 30.3 Å². The molecular formula is C12H16N2O. The minimum absolute atomic E-state index is 0.225. The van der Waals surface area contributed by atoms with Gasteiger partial charge in [0.15, 0.2) is 0 Å². The zero-order valence-corrected chi connectivity index (χ0v) is 8.78. The van der Waals surface area contributed by atoms with Crippen LogP contribution in [0.25, 0.3) is 0 Å². The molecule has 0 radical (unpaired) electrons. The van der Waals surface area contributed by atoms with Gasteiger partial charge in [0.2, 0.25) is 0 Å². The average molecular weight is 204 g/mol. The van der Waals surface area contributed by atoms with Gasteiger partial charge in [-0.1, -0.05) is 12.5 Å². The zero-order valence-electron chi connectivity index (χ0n) is 8.78. The molecule has 0 bridgehead atoms. The van der Waals surface area contributed by atoms with Crippen molar-refractivity contribution in [3.8, 4) is 0 Å². The normalized spacial score (nSPS) is 18.2. The van der Waals surface area contributed by atoms with E-state index in [1.54, 1.807) is 6.20 Å². The van der Waals surface area contributed by atoms with E-state index >= 15 is 0 Å². The van der Waals surface area contributed by atoms with Crippen LogP contribution < -0.4 is 5.73 Å². The Morgan fingerprint density at radius 3 is 2.73 bits per heavy atom. The lowest BCUT2D eigenvalue weighted by molar-refractivity contribution is -0.132. The minimum atomic E-state index is -0.225. The van der Waals surface area contributed by atoms with Gasteiger partial charge in [-0.3, -0.25) is 9.78 Å². The quantitative estimate of drug-likeness (QED) is 0.804. The van der Waals surface area contributed by atoms with Crippen molar-refractivity contribution in [2.75, 3.05) is 6.54 Å². The van der Waals surface area contributed by atoms with Gasteiger partial charge in [-0.15, -0.1) is 0 Å². The molecule has 1 aromatic heterocycles. The summed E-state index contributed by atoms with van der Waals surface area (Å²) in [4.78, 5) is 16.2. The molecule has 3 nitrogen and oxygen atoms in total. The number of nitrogens with zero attached hydrogens (tertiary/aromatic N) is 1. The summed E-state index contributed by atoms with van der Waals surface area (Å²) in [6, 6.07) is 5.66. The van der Waals surface area contributed by atoms with Crippen molar-refractivity contribution >= 4 is 5.78 Å². The van der Waals surface area contributed by atoms with Crippen LogP contribution in [-0.4, -0.2) is 17.3 Å². The number of nitrogens with two attached hydrogens (primary N) is 1. The summed E-state index contributed by atoms with van der Waals surface area (Å²) in [6.45, 7) is 0.485. The molecule has 0 aromatic carbocycles. The first-order valence-corrected chi connectivity index (χ1v) is 5.40. The minimum Gasteiger partial charge on any atom is -0.329 e. The van der Waals surface area contributed by atoms with Crippen molar-refractivity contribution in [3.63, 3.8) is 0 Å². The third-order valence-electron chi connectivity index (χ3n) is 3.36. The van der Waals surface area contributed by atoms with Gasteiger partial charge in [-0.05, 0) is 25.0 Å². The molecule has 0 unspecified atom stereocenters. The number of pyridine rings is 1. The second-order valence-corrected chi connectivity index (χ2v) is 4.26. The molecule has 2 rings (SSSR count). The van der Waals surface area contributed by atoms with Crippen molar-refractivity contribution in [2.45, 2.75) is 25.7 Å². The SMILES string of the molecule is NCC1(C(=O)Cc2ccccn2)CCC1. The molecule has 0 spiro atoms. The van der Waals surface area contributed by atoms with Crippen molar-refractivity contribution in [1.82, 2.24) is 4.98 Å². The van der Waals surface area contributed by atoms with Crippen LogP contribution in [-0.2, 0) is 11.2 Å². The molecule has 0 amide bonds. The number of rotatable bonds is 4. The van der Waals surface area contributed by atoms with Crippen molar-refractivity contribution < 1.29 is 4.79 Å². The first kappa shape index (κ1) is 10.3. The molecule has 1 saturated carbocycles. The van der Waals surface area contributed by atoms with Crippen LogP contribution in [0, 0.1) is 5.41 Å². The van der Waals surface area contributed by atoms with Gasteiger partial charge in [0.25, 0.3) is 0 Å². The molecule has 15 heavy (non-hydrogen) atoms. The lowest BCUT2D eigenvalue weighted by atomic mass is 9.65. The number of Topliss-reactive ketones (excluding diaryl/α,β-unsaturated/α-hetero) is 1. The predicted octanol–water partition coefficient (Wildman–Crippen LogP) is 1.32. The summed E-state index contributed by atoms with van der Waals surface area (Å²) in [5, 5.41) is 0. The molecule has 2 N–H and O–H groups in total. The van der Waals surface area contributed by atoms with E-state index < -0.39 is 0 Å². The Hall–Kier alpha value is -1.22. The Kier molecular flexibility index (Phi) is 2.82.